The van der Waals surface area contributed by atoms with Gasteiger partial charge in [0, 0.05) is 31.8 Å². The Morgan fingerprint density at radius 2 is 1.92 bits per heavy atom. The van der Waals surface area contributed by atoms with Gasteiger partial charge in [-0.3, -0.25) is 0 Å². The van der Waals surface area contributed by atoms with Gasteiger partial charge in [0.05, 0.1) is 0 Å². The Labute approximate surface area is 151 Å². The van der Waals surface area contributed by atoms with E-state index in [1.165, 1.54) is 0 Å². The van der Waals surface area contributed by atoms with Crippen molar-refractivity contribution in [2.24, 2.45) is 5.41 Å². The fraction of sp³-hybridized carbons (Fsp3) is 0.650. The van der Waals surface area contributed by atoms with Gasteiger partial charge in [-0.2, -0.15) is 0 Å². The largest absolute Gasteiger partial charge is 0.488 e. The Balaban J connectivity index is 1.91. The normalized spacial score (nSPS) is 17.2. The summed E-state index contributed by atoms with van der Waals surface area (Å²) in [5.74, 6) is 0.805. The molecule has 1 fully saturated rings. The number of ether oxygens (including phenoxy) is 1. The maximum atomic E-state index is 12.5. The number of rotatable bonds is 5. The van der Waals surface area contributed by atoms with E-state index in [-0.39, 0.29) is 23.7 Å². The number of urea groups is 1. The second kappa shape index (κ2) is 8.09. The van der Waals surface area contributed by atoms with Gasteiger partial charge in [-0.05, 0) is 51.5 Å². The molecule has 0 bridgehead atoms. The minimum Gasteiger partial charge on any atom is -0.488 e. The van der Waals surface area contributed by atoms with Crippen LogP contribution >= 0.6 is 0 Å². The van der Waals surface area contributed by atoms with Crippen molar-refractivity contribution >= 4 is 6.03 Å². The summed E-state index contributed by atoms with van der Waals surface area (Å²) in [6.45, 7) is 10.2. The fourth-order valence-electron chi connectivity index (χ4n) is 3.17. The van der Waals surface area contributed by atoms with Crippen molar-refractivity contribution in [1.29, 1.82) is 0 Å². The molecular formula is C20H32N2O3. The summed E-state index contributed by atoms with van der Waals surface area (Å²) in [5, 5.41) is 12.6. The Morgan fingerprint density at radius 1 is 1.28 bits per heavy atom. The van der Waals surface area contributed by atoms with Crippen molar-refractivity contribution in [2.75, 3.05) is 19.7 Å². The monoisotopic (exact) mass is 348 g/mol. The molecule has 5 heteroatoms. The lowest BCUT2D eigenvalue weighted by Gasteiger charge is -2.40. The molecule has 1 aliphatic heterocycles. The first kappa shape index (κ1) is 19.6. The lowest BCUT2D eigenvalue weighted by atomic mass is 9.77. The van der Waals surface area contributed by atoms with Crippen molar-refractivity contribution in [3.8, 4) is 5.75 Å². The predicted molar refractivity (Wildman–Crippen MR) is 99.7 cm³/mol. The van der Waals surface area contributed by atoms with Crippen molar-refractivity contribution in [3.63, 3.8) is 0 Å². The number of para-hydroxylation sites is 1. The number of aliphatic hydroxyl groups is 1. The van der Waals surface area contributed by atoms with Crippen LogP contribution in [0.5, 0.6) is 5.75 Å². The number of carbonyl (C=O) groups excluding carboxylic acids is 1. The highest BCUT2D eigenvalue weighted by atomic mass is 16.5. The van der Waals surface area contributed by atoms with Crippen molar-refractivity contribution in [3.05, 3.63) is 29.8 Å². The second-order valence-electron chi connectivity index (χ2n) is 7.98. The zero-order valence-electron chi connectivity index (χ0n) is 16.0. The molecule has 0 saturated carbocycles. The standard InChI is InChI=1S/C20H32N2O3/c1-5-20(15-23)10-12-22(13-11-20)18(24)21-14-16-8-6-7-9-17(16)25-19(2,3)4/h6-9,23H,5,10-15H2,1-4H3,(H,21,24). The van der Waals surface area contributed by atoms with Crippen LogP contribution in [0.1, 0.15) is 52.5 Å². The first-order chi connectivity index (χ1) is 11.8. The molecule has 5 nitrogen and oxygen atoms in total. The summed E-state index contributed by atoms with van der Waals surface area (Å²) in [7, 11) is 0. The quantitative estimate of drug-likeness (QED) is 0.855. The highest BCUT2D eigenvalue weighted by molar-refractivity contribution is 5.74. The van der Waals surface area contributed by atoms with E-state index < -0.39 is 0 Å². The summed E-state index contributed by atoms with van der Waals surface area (Å²) in [4.78, 5) is 14.3. The SMILES string of the molecule is CCC1(CO)CCN(C(=O)NCc2ccccc2OC(C)(C)C)CC1. The zero-order valence-corrected chi connectivity index (χ0v) is 16.0. The molecule has 25 heavy (non-hydrogen) atoms. The maximum Gasteiger partial charge on any atom is 0.317 e. The van der Waals surface area contributed by atoms with Gasteiger partial charge >= 0.3 is 6.03 Å². The smallest absolute Gasteiger partial charge is 0.317 e. The summed E-state index contributed by atoms with van der Waals surface area (Å²) < 4.78 is 5.97. The third kappa shape index (κ3) is 5.36. The van der Waals surface area contributed by atoms with Crippen LogP contribution in [0.25, 0.3) is 0 Å². The number of piperidine rings is 1. The number of nitrogens with zero attached hydrogens (tertiary/aromatic N) is 1. The van der Waals surface area contributed by atoms with E-state index in [1.54, 1.807) is 0 Å². The molecule has 2 amide bonds. The Kier molecular flexibility index (Phi) is 6.33. The molecule has 1 aliphatic rings. The molecule has 140 valence electrons. The van der Waals surface area contributed by atoms with E-state index >= 15 is 0 Å². The molecular weight excluding hydrogens is 316 g/mol. The minimum atomic E-state index is -0.277. The zero-order chi connectivity index (χ0) is 18.5. The van der Waals surface area contributed by atoms with E-state index in [4.69, 9.17) is 4.74 Å². The number of carbonyl (C=O) groups is 1. The van der Waals surface area contributed by atoms with Crippen LogP contribution in [0, 0.1) is 5.41 Å². The van der Waals surface area contributed by atoms with E-state index in [2.05, 4.69) is 12.2 Å². The topological polar surface area (TPSA) is 61.8 Å². The third-order valence-corrected chi connectivity index (χ3v) is 5.02. The van der Waals surface area contributed by atoms with E-state index in [0.29, 0.717) is 19.6 Å². The van der Waals surface area contributed by atoms with Gasteiger partial charge in [-0.1, -0.05) is 25.1 Å². The Hall–Kier alpha value is -1.75. The number of likely N-dealkylation sites (tertiary alicyclic amines) is 1. The van der Waals surface area contributed by atoms with Crippen molar-refractivity contribution < 1.29 is 14.6 Å². The molecule has 1 aromatic rings. The lowest BCUT2D eigenvalue weighted by molar-refractivity contribution is 0.0519. The van der Waals surface area contributed by atoms with Crippen LogP contribution in [-0.2, 0) is 6.54 Å². The molecule has 0 radical (unpaired) electrons. The van der Waals surface area contributed by atoms with Crippen LogP contribution < -0.4 is 10.1 Å². The molecule has 1 heterocycles. The van der Waals surface area contributed by atoms with Crippen molar-refractivity contribution in [1.82, 2.24) is 10.2 Å². The number of aliphatic hydroxyl groups excluding tert-OH is 1. The summed E-state index contributed by atoms with van der Waals surface area (Å²) in [5.41, 5.74) is 0.686. The molecule has 0 aromatic heterocycles. The highest BCUT2D eigenvalue weighted by Gasteiger charge is 2.33. The summed E-state index contributed by atoms with van der Waals surface area (Å²) in [6, 6.07) is 7.76. The minimum absolute atomic E-state index is 0.00999. The lowest BCUT2D eigenvalue weighted by Crippen LogP contribution is -2.48. The first-order valence-electron chi connectivity index (χ1n) is 9.19. The van der Waals surface area contributed by atoms with Gasteiger partial charge in [-0.15, -0.1) is 0 Å². The Morgan fingerprint density at radius 3 is 2.48 bits per heavy atom. The van der Waals surface area contributed by atoms with Crippen LogP contribution in [-0.4, -0.2) is 41.3 Å². The average molecular weight is 348 g/mol. The first-order valence-corrected chi connectivity index (χ1v) is 9.19. The number of nitrogens with one attached hydrogen (secondary N) is 1. The number of benzene rings is 1. The van der Waals surface area contributed by atoms with Gasteiger partial charge in [-0.25, -0.2) is 4.79 Å². The number of amides is 2. The molecule has 0 unspecified atom stereocenters. The highest BCUT2D eigenvalue weighted by Crippen LogP contribution is 2.34. The van der Waals surface area contributed by atoms with Crippen LogP contribution in [0.4, 0.5) is 4.79 Å². The summed E-state index contributed by atoms with van der Waals surface area (Å²) >= 11 is 0. The molecule has 2 N–H and O–H groups in total. The van der Waals surface area contributed by atoms with Crippen LogP contribution in [0.2, 0.25) is 0 Å². The molecule has 2 rings (SSSR count). The Bertz CT molecular complexity index is 567. The number of hydrogen-bond acceptors (Lipinski definition) is 3. The van der Waals surface area contributed by atoms with Crippen molar-refractivity contribution in [2.45, 2.75) is 59.1 Å². The van der Waals surface area contributed by atoms with Gasteiger partial charge < -0.3 is 20.1 Å². The molecule has 0 aliphatic carbocycles. The van der Waals surface area contributed by atoms with E-state index in [9.17, 15) is 9.90 Å². The molecule has 1 saturated heterocycles. The second-order valence-corrected chi connectivity index (χ2v) is 7.98. The van der Waals surface area contributed by atoms with E-state index in [0.717, 1.165) is 30.6 Å². The van der Waals surface area contributed by atoms with Gasteiger partial charge in [0.1, 0.15) is 11.4 Å². The predicted octanol–water partition coefficient (Wildman–Crippen LogP) is 3.56. The number of hydrogen-bond donors (Lipinski definition) is 2. The average Bonchev–Trinajstić information content (AvgIpc) is 2.59. The van der Waals surface area contributed by atoms with Gasteiger partial charge in [0.2, 0.25) is 0 Å². The molecule has 1 aromatic carbocycles. The molecule has 0 atom stereocenters. The van der Waals surface area contributed by atoms with Gasteiger partial charge in [0.25, 0.3) is 0 Å². The molecule has 0 spiro atoms. The van der Waals surface area contributed by atoms with E-state index in [1.807, 2.05) is 49.9 Å². The van der Waals surface area contributed by atoms with Gasteiger partial charge in [0.15, 0.2) is 0 Å². The van der Waals surface area contributed by atoms with Crippen LogP contribution in [0.15, 0.2) is 24.3 Å². The third-order valence-electron chi connectivity index (χ3n) is 5.02. The van der Waals surface area contributed by atoms with Crippen LogP contribution in [0.3, 0.4) is 0 Å². The fourth-order valence-corrected chi connectivity index (χ4v) is 3.17. The maximum absolute atomic E-state index is 12.5. The summed E-state index contributed by atoms with van der Waals surface area (Å²) in [6.07, 6.45) is 2.67.